The summed E-state index contributed by atoms with van der Waals surface area (Å²) in [7, 11) is 1.74. The number of benzene rings is 2. The lowest BCUT2D eigenvalue weighted by Gasteiger charge is -2.36. The fourth-order valence-electron chi connectivity index (χ4n) is 3.31. The predicted molar refractivity (Wildman–Crippen MR) is 116 cm³/mol. The highest BCUT2D eigenvalue weighted by Gasteiger charge is 2.35. The number of phenolic OH excluding ortho intramolecular Hbond substituents is 1. The SMILES string of the molecule is CCOc1cc(C2NC(=S)N(C)C(C)=C2C(=O)c2ccccc2)cc([N+](=O)[O-])c1O. The van der Waals surface area contributed by atoms with Crippen LogP contribution in [-0.4, -0.2) is 39.5 Å². The Morgan fingerprint density at radius 2 is 2.00 bits per heavy atom. The number of carbonyl (C=O) groups is 1. The number of hydrogen-bond acceptors (Lipinski definition) is 6. The molecule has 8 nitrogen and oxygen atoms in total. The highest BCUT2D eigenvalue weighted by Crippen LogP contribution is 2.41. The minimum Gasteiger partial charge on any atom is -0.500 e. The van der Waals surface area contributed by atoms with Crippen LogP contribution in [0, 0.1) is 10.1 Å². The van der Waals surface area contributed by atoms with E-state index in [2.05, 4.69) is 5.32 Å². The molecule has 30 heavy (non-hydrogen) atoms. The number of allylic oxidation sites excluding steroid dienone is 1. The second-order valence-electron chi connectivity index (χ2n) is 6.71. The Morgan fingerprint density at radius 3 is 2.60 bits per heavy atom. The molecule has 0 aliphatic carbocycles. The number of thiocarbonyl (C=S) groups is 1. The number of phenols is 1. The van der Waals surface area contributed by atoms with Crippen molar-refractivity contribution in [2.24, 2.45) is 0 Å². The maximum absolute atomic E-state index is 13.4. The zero-order chi connectivity index (χ0) is 22.0. The Labute approximate surface area is 178 Å². The quantitative estimate of drug-likeness (QED) is 0.311. The number of ether oxygens (including phenoxy) is 1. The van der Waals surface area contributed by atoms with Crippen LogP contribution in [0.5, 0.6) is 11.5 Å². The number of hydrogen-bond donors (Lipinski definition) is 2. The Balaban J connectivity index is 2.21. The molecule has 0 spiro atoms. The maximum Gasteiger partial charge on any atom is 0.315 e. The smallest absolute Gasteiger partial charge is 0.315 e. The predicted octanol–water partition coefficient (Wildman–Crippen LogP) is 3.72. The zero-order valence-corrected chi connectivity index (χ0v) is 17.5. The molecule has 3 rings (SSSR count). The molecule has 1 heterocycles. The molecule has 2 aromatic rings. The molecule has 1 unspecified atom stereocenters. The van der Waals surface area contributed by atoms with Crippen molar-refractivity contribution >= 4 is 28.8 Å². The van der Waals surface area contributed by atoms with Crippen molar-refractivity contribution in [1.29, 1.82) is 0 Å². The molecule has 0 saturated heterocycles. The first-order valence-electron chi connectivity index (χ1n) is 9.25. The van der Waals surface area contributed by atoms with Crippen molar-refractivity contribution in [3.8, 4) is 11.5 Å². The third kappa shape index (κ3) is 3.84. The normalized spacial score (nSPS) is 16.3. The van der Waals surface area contributed by atoms with Crippen molar-refractivity contribution in [3.05, 3.63) is 75.0 Å². The Bertz CT molecular complexity index is 1050. The lowest BCUT2D eigenvalue weighted by Crippen LogP contribution is -2.45. The third-order valence-corrected chi connectivity index (χ3v) is 5.33. The Hall–Kier alpha value is -3.46. The summed E-state index contributed by atoms with van der Waals surface area (Å²) in [4.78, 5) is 25.8. The van der Waals surface area contributed by atoms with Crippen LogP contribution in [-0.2, 0) is 0 Å². The minimum absolute atomic E-state index is 0.0301. The summed E-state index contributed by atoms with van der Waals surface area (Å²) >= 11 is 5.39. The molecule has 0 fully saturated rings. The number of nitrogens with one attached hydrogen (secondary N) is 1. The summed E-state index contributed by atoms with van der Waals surface area (Å²) < 4.78 is 5.39. The van der Waals surface area contributed by atoms with Gasteiger partial charge in [0, 0.05) is 29.9 Å². The second-order valence-corrected chi connectivity index (χ2v) is 7.10. The maximum atomic E-state index is 13.4. The van der Waals surface area contributed by atoms with Gasteiger partial charge in [-0.2, -0.15) is 0 Å². The van der Waals surface area contributed by atoms with E-state index in [4.69, 9.17) is 17.0 Å². The van der Waals surface area contributed by atoms with Gasteiger partial charge in [0.15, 0.2) is 16.6 Å². The van der Waals surface area contributed by atoms with E-state index in [-0.39, 0.29) is 18.1 Å². The topological polar surface area (TPSA) is 105 Å². The summed E-state index contributed by atoms with van der Waals surface area (Å²) in [5.74, 6) is -0.816. The zero-order valence-electron chi connectivity index (χ0n) is 16.7. The minimum atomic E-state index is -0.750. The number of aromatic hydroxyl groups is 1. The molecular formula is C21H21N3O5S. The van der Waals surface area contributed by atoms with E-state index >= 15 is 0 Å². The number of nitrogens with zero attached hydrogens (tertiary/aromatic N) is 2. The number of carbonyl (C=O) groups excluding carboxylic acids is 1. The van der Waals surface area contributed by atoms with E-state index < -0.39 is 22.4 Å². The van der Waals surface area contributed by atoms with Crippen LogP contribution in [0.15, 0.2) is 53.7 Å². The molecule has 1 atom stereocenters. The summed E-state index contributed by atoms with van der Waals surface area (Å²) in [5, 5.41) is 25.2. The van der Waals surface area contributed by atoms with Gasteiger partial charge >= 0.3 is 5.69 Å². The van der Waals surface area contributed by atoms with Gasteiger partial charge in [0.25, 0.3) is 0 Å². The summed E-state index contributed by atoms with van der Waals surface area (Å²) in [6.45, 7) is 3.68. The number of nitro benzene ring substituents is 1. The summed E-state index contributed by atoms with van der Waals surface area (Å²) in [6.07, 6.45) is 0. The Morgan fingerprint density at radius 1 is 1.33 bits per heavy atom. The van der Waals surface area contributed by atoms with Gasteiger partial charge in [0.1, 0.15) is 0 Å². The van der Waals surface area contributed by atoms with Crippen molar-refractivity contribution in [2.75, 3.05) is 13.7 Å². The van der Waals surface area contributed by atoms with Crippen molar-refractivity contribution < 1.29 is 19.6 Å². The van der Waals surface area contributed by atoms with Crippen LogP contribution in [0.25, 0.3) is 0 Å². The first-order chi connectivity index (χ1) is 14.3. The van der Waals surface area contributed by atoms with Crippen LogP contribution in [0.3, 0.4) is 0 Å². The van der Waals surface area contributed by atoms with Crippen LogP contribution in [0.1, 0.15) is 35.8 Å². The lowest BCUT2D eigenvalue weighted by atomic mass is 9.89. The number of rotatable bonds is 6. The fraction of sp³-hybridized carbons (Fsp3) is 0.238. The van der Waals surface area contributed by atoms with E-state index in [0.29, 0.717) is 27.5 Å². The summed E-state index contributed by atoms with van der Waals surface area (Å²) in [5.41, 5.74) is 1.40. The van der Waals surface area contributed by atoms with Gasteiger partial charge in [-0.3, -0.25) is 14.9 Å². The largest absolute Gasteiger partial charge is 0.500 e. The molecule has 0 amide bonds. The lowest BCUT2D eigenvalue weighted by molar-refractivity contribution is -0.386. The van der Waals surface area contributed by atoms with E-state index in [1.54, 1.807) is 50.1 Å². The molecule has 1 aliphatic rings. The van der Waals surface area contributed by atoms with Crippen molar-refractivity contribution in [1.82, 2.24) is 10.2 Å². The molecule has 0 aromatic heterocycles. The molecule has 0 radical (unpaired) electrons. The molecule has 156 valence electrons. The van der Waals surface area contributed by atoms with Crippen LogP contribution >= 0.6 is 12.2 Å². The highest BCUT2D eigenvalue weighted by atomic mass is 32.1. The average Bonchev–Trinajstić information content (AvgIpc) is 2.73. The van der Waals surface area contributed by atoms with Crippen molar-refractivity contribution in [3.63, 3.8) is 0 Å². The number of Topliss-reactive ketones (excluding diaryl/α,β-unsaturated/α-hetero) is 1. The molecule has 0 bridgehead atoms. The molecule has 2 N–H and O–H groups in total. The summed E-state index contributed by atoms with van der Waals surface area (Å²) in [6, 6.07) is 10.7. The monoisotopic (exact) mass is 427 g/mol. The molecule has 1 aliphatic heterocycles. The molecule has 0 saturated carbocycles. The van der Waals surface area contributed by atoms with Gasteiger partial charge in [0.2, 0.25) is 5.75 Å². The van der Waals surface area contributed by atoms with E-state index in [1.165, 1.54) is 12.1 Å². The Kier molecular flexibility index (Phi) is 6.02. The standard InChI is InChI=1S/C21H21N3O5S/c1-4-29-16-11-14(10-15(20(16)26)24(27)28)18-17(12(2)23(3)21(30)22-18)19(25)13-8-6-5-7-9-13/h5-11,18,26H,4H2,1-3H3,(H,22,30). The van der Waals surface area contributed by atoms with Crippen LogP contribution in [0.2, 0.25) is 0 Å². The van der Waals surface area contributed by atoms with Crippen LogP contribution in [0.4, 0.5) is 5.69 Å². The molecule has 9 heteroatoms. The van der Waals surface area contributed by atoms with Crippen LogP contribution < -0.4 is 10.1 Å². The highest BCUT2D eigenvalue weighted by molar-refractivity contribution is 7.80. The van der Waals surface area contributed by atoms with Gasteiger partial charge in [0.05, 0.1) is 17.6 Å². The number of nitro groups is 1. The number of ketones is 1. The van der Waals surface area contributed by atoms with Gasteiger partial charge in [-0.15, -0.1) is 0 Å². The second kappa shape index (κ2) is 8.50. The average molecular weight is 427 g/mol. The van der Waals surface area contributed by atoms with E-state index in [0.717, 1.165) is 0 Å². The van der Waals surface area contributed by atoms with Crippen molar-refractivity contribution in [2.45, 2.75) is 19.9 Å². The van der Waals surface area contributed by atoms with Gasteiger partial charge in [-0.1, -0.05) is 30.3 Å². The van der Waals surface area contributed by atoms with Gasteiger partial charge in [-0.05, 0) is 37.7 Å². The van der Waals surface area contributed by atoms with E-state index in [9.17, 15) is 20.0 Å². The van der Waals surface area contributed by atoms with Gasteiger partial charge in [-0.25, -0.2) is 0 Å². The van der Waals surface area contributed by atoms with E-state index in [1.807, 2.05) is 6.07 Å². The first-order valence-corrected chi connectivity index (χ1v) is 9.65. The molecular weight excluding hydrogens is 406 g/mol. The fourth-order valence-corrected chi connectivity index (χ4v) is 3.56. The molecule has 2 aromatic carbocycles. The first kappa shape index (κ1) is 21.3. The third-order valence-electron chi connectivity index (χ3n) is 4.94. The van der Waals surface area contributed by atoms with Gasteiger partial charge < -0.3 is 20.1 Å².